The predicted octanol–water partition coefficient (Wildman–Crippen LogP) is 4.79. The van der Waals surface area contributed by atoms with E-state index in [1.165, 1.54) is 0 Å². The fourth-order valence-corrected chi connectivity index (χ4v) is 3.77. The van der Waals surface area contributed by atoms with Gasteiger partial charge in [-0.15, -0.1) is 6.58 Å². The number of hydrogen-bond acceptors (Lipinski definition) is 4. The van der Waals surface area contributed by atoms with Crippen LogP contribution < -0.4 is 4.74 Å². The molecule has 4 nitrogen and oxygen atoms in total. The molecule has 0 aliphatic carbocycles. The van der Waals surface area contributed by atoms with Crippen LogP contribution in [-0.2, 0) is 15.8 Å². The maximum absolute atomic E-state index is 9.69. The van der Waals surface area contributed by atoms with Crippen LogP contribution in [0.3, 0.4) is 0 Å². The van der Waals surface area contributed by atoms with Gasteiger partial charge in [-0.25, -0.2) is 0 Å². The van der Waals surface area contributed by atoms with Gasteiger partial charge in [0, 0.05) is 12.5 Å². The molecule has 0 bridgehead atoms. The Bertz CT molecular complexity index is 534. The first-order chi connectivity index (χ1) is 12.1. The summed E-state index contributed by atoms with van der Waals surface area (Å²) < 4.78 is 17.5. The highest BCUT2D eigenvalue weighted by molar-refractivity contribution is 6.74. The van der Waals surface area contributed by atoms with Crippen LogP contribution in [0.4, 0.5) is 0 Å². The quantitative estimate of drug-likeness (QED) is 0.341. The average molecular weight is 381 g/mol. The second-order valence-corrected chi connectivity index (χ2v) is 12.9. The molecule has 148 valence electrons. The lowest BCUT2D eigenvalue weighted by Gasteiger charge is -2.40. The summed E-state index contributed by atoms with van der Waals surface area (Å²) in [5, 5.41) is 9.81. The summed E-state index contributed by atoms with van der Waals surface area (Å²) in [6.45, 7) is 16.2. The summed E-state index contributed by atoms with van der Waals surface area (Å²) >= 11 is 0. The average Bonchev–Trinajstić information content (AvgIpc) is 2.58. The zero-order valence-electron chi connectivity index (χ0n) is 17.2. The summed E-state index contributed by atoms with van der Waals surface area (Å²) in [7, 11) is -0.268. The highest BCUT2D eigenvalue weighted by Crippen LogP contribution is 2.38. The van der Waals surface area contributed by atoms with Gasteiger partial charge in [-0.3, -0.25) is 0 Å². The highest BCUT2D eigenvalue weighted by atomic mass is 28.4. The molecule has 0 spiro atoms. The van der Waals surface area contributed by atoms with Gasteiger partial charge < -0.3 is 19.0 Å². The van der Waals surface area contributed by atoms with Crippen LogP contribution in [0.2, 0.25) is 18.1 Å². The molecular weight excluding hydrogens is 344 g/mol. The van der Waals surface area contributed by atoms with Gasteiger partial charge in [0.1, 0.15) is 5.75 Å². The van der Waals surface area contributed by atoms with Gasteiger partial charge in [-0.05, 0) is 42.2 Å². The first-order valence-electron chi connectivity index (χ1n) is 9.26. The largest absolute Gasteiger partial charge is 0.497 e. The number of ether oxygens (including phenoxy) is 2. The van der Waals surface area contributed by atoms with E-state index in [1.54, 1.807) is 13.2 Å². The molecule has 0 saturated heterocycles. The number of aliphatic hydroxyl groups is 1. The van der Waals surface area contributed by atoms with Crippen molar-refractivity contribution >= 4 is 8.32 Å². The molecule has 5 heteroatoms. The van der Waals surface area contributed by atoms with Crippen molar-refractivity contribution in [3.8, 4) is 5.75 Å². The van der Waals surface area contributed by atoms with E-state index in [-0.39, 0.29) is 23.7 Å². The van der Waals surface area contributed by atoms with Gasteiger partial charge in [-0.2, -0.15) is 0 Å². The molecule has 1 rings (SSSR count). The molecule has 0 saturated carbocycles. The molecule has 0 aromatic heterocycles. The molecule has 0 heterocycles. The highest BCUT2D eigenvalue weighted by Gasteiger charge is 2.40. The molecule has 26 heavy (non-hydrogen) atoms. The molecule has 0 radical (unpaired) electrons. The lowest BCUT2D eigenvalue weighted by Crippen LogP contribution is -2.46. The van der Waals surface area contributed by atoms with Crippen molar-refractivity contribution in [1.82, 2.24) is 0 Å². The third-order valence-corrected chi connectivity index (χ3v) is 9.72. The van der Waals surface area contributed by atoms with E-state index in [2.05, 4.69) is 40.4 Å². The van der Waals surface area contributed by atoms with Crippen molar-refractivity contribution in [2.24, 2.45) is 5.92 Å². The molecular formula is C21H36O4Si. The molecule has 0 fully saturated rings. The molecule has 0 amide bonds. The van der Waals surface area contributed by atoms with E-state index in [0.29, 0.717) is 13.2 Å². The van der Waals surface area contributed by atoms with Crippen molar-refractivity contribution in [3.05, 3.63) is 42.5 Å². The monoisotopic (exact) mass is 380 g/mol. The third kappa shape index (κ3) is 6.87. The number of benzene rings is 1. The number of rotatable bonds is 11. The normalized spacial score (nSPS) is 14.7. The lowest BCUT2D eigenvalue weighted by atomic mass is 10.0. The van der Waals surface area contributed by atoms with E-state index in [4.69, 9.17) is 13.9 Å². The van der Waals surface area contributed by atoms with Crippen LogP contribution >= 0.6 is 0 Å². The standard InChI is InChI=1S/C21H36O4Si/c1-8-18(15-22)20(25-26(6,7)21(2,3)4)13-14-24-16-17-9-11-19(23-5)12-10-17/h8-12,18,20,22H,1,13-16H2,2-7H3/t18-,20-/m0/s1. The summed E-state index contributed by atoms with van der Waals surface area (Å²) in [5.74, 6) is 0.766. The van der Waals surface area contributed by atoms with E-state index < -0.39 is 8.32 Å². The summed E-state index contributed by atoms with van der Waals surface area (Å²) in [5.41, 5.74) is 1.11. The maximum Gasteiger partial charge on any atom is 0.192 e. The predicted molar refractivity (Wildman–Crippen MR) is 110 cm³/mol. The van der Waals surface area contributed by atoms with Gasteiger partial charge in [0.2, 0.25) is 0 Å². The summed E-state index contributed by atoms with van der Waals surface area (Å²) in [4.78, 5) is 0. The van der Waals surface area contributed by atoms with Crippen LogP contribution in [0.1, 0.15) is 32.8 Å². The topological polar surface area (TPSA) is 47.9 Å². The first kappa shape index (κ1) is 22.9. The van der Waals surface area contributed by atoms with Crippen LogP contribution in [0.25, 0.3) is 0 Å². The zero-order valence-corrected chi connectivity index (χ0v) is 18.2. The summed E-state index contributed by atoms with van der Waals surface area (Å²) in [6.07, 6.45) is 2.45. The Balaban J connectivity index is 2.61. The molecule has 1 aromatic rings. The Labute approximate surface area is 160 Å². The number of methoxy groups -OCH3 is 1. The molecule has 1 N–H and O–H groups in total. The van der Waals surface area contributed by atoms with Crippen molar-refractivity contribution in [1.29, 1.82) is 0 Å². The van der Waals surface area contributed by atoms with E-state index in [1.807, 2.05) is 24.3 Å². The second kappa shape index (κ2) is 10.3. The Morgan fingerprint density at radius 3 is 2.27 bits per heavy atom. The van der Waals surface area contributed by atoms with Crippen molar-refractivity contribution in [2.45, 2.75) is 58.0 Å². The van der Waals surface area contributed by atoms with Crippen LogP contribution in [0, 0.1) is 5.92 Å². The van der Waals surface area contributed by atoms with Gasteiger partial charge in [0.15, 0.2) is 8.32 Å². The number of hydrogen-bond donors (Lipinski definition) is 1. The SMILES string of the molecule is C=C[C@@H](CO)[C@H](CCOCc1ccc(OC)cc1)O[Si](C)(C)C(C)(C)C. The first-order valence-corrected chi connectivity index (χ1v) is 12.2. The minimum absolute atomic E-state index is 0.0429. The van der Waals surface area contributed by atoms with Crippen LogP contribution in [-0.4, -0.2) is 39.9 Å². The molecule has 1 aromatic carbocycles. The van der Waals surface area contributed by atoms with Crippen LogP contribution in [0.5, 0.6) is 5.75 Å². The smallest absolute Gasteiger partial charge is 0.192 e. The van der Waals surface area contributed by atoms with Gasteiger partial charge in [-0.1, -0.05) is 39.0 Å². The van der Waals surface area contributed by atoms with Crippen molar-refractivity contribution in [3.63, 3.8) is 0 Å². The molecule has 2 atom stereocenters. The summed E-state index contributed by atoms with van der Waals surface area (Å²) in [6, 6.07) is 7.87. The molecule has 0 aliphatic rings. The Hall–Kier alpha value is -1.14. The zero-order chi connectivity index (χ0) is 19.8. The van der Waals surface area contributed by atoms with Gasteiger partial charge in [0.05, 0.1) is 26.4 Å². The number of aliphatic hydroxyl groups excluding tert-OH is 1. The van der Waals surface area contributed by atoms with Gasteiger partial charge in [0.25, 0.3) is 0 Å². The third-order valence-electron chi connectivity index (χ3n) is 5.22. The minimum atomic E-state index is -1.93. The van der Waals surface area contributed by atoms with Crippen molar-refractivity contribution < 1.29 is 19.0 Å². The van der Waals surface area contributed by atoms with E-state index in [9.17, 15) is 5.11 Å². The minimum Gasteiger partial charge on any atom is -0.497 e. The molecule has 0 unspecified atom stereocenters. The fraction of sp³-hybridized carbons (Fsp3) is 0.619. The lowest BCUT2D eigenvalue weighted by molar-refractivity contribution is 0.0470. The second-order valence-electron chi connectivity index (χ2n) is 8.19. The van der Waals surface area contributed by atoms with Crippen molar-refractivity contribution in [2.75, 3.05) is 20.3 Å². The maximum atomic E-state index is 9.69. The van der Waals surface area contributed by atoms with E-state index >= 15 is 0 Å². The Morgan fingerprint density at radius 1 is 1.19 bits per heavy atom. The Morgan fingerprint density at radius 2 is 1.81 bits per heavy atom. The van der Waals surface area contributed by atoms with Gasteiger partial charge >= 0.3 is 0 Å². The Kier molecular flexibility index (Phi) is 9.03. The molecule has 0 aliphatic heterocycles. The van der Waals surface area contributed by atoms with Crippen LogP contribution in [0.15, 0.2) is 36.9 Å². The fourth-order valence-electron chi connectivity index (χ4n) is 2.37. The van der Waals surface area contributed by atoms with E-state index in [0.717, 1.165) is 17.7 Å².